The first kappa shape index (κ1) is 38.5. The summed E-state index contributed by atoms with van der Waals surface area (Å²) in [5, 5.41) is 33.9. The lowest BCUT2D eigenvalue weighted by Gasteiger charge is -2.25. The molecule has 0 spiro atoms. The molecule has 1 aromatic carbocycles. The van der Waals surface area contributed by atoms with Gasteiger partial charge in [0.15, 0.2) is 0 Å². The predicted molar refractivity (Wildman–Crippen MR) is 162 cm³/mol. The van der Waals surface area contributed by atoms with Crippen LogP contribution in [0.3, 0.4) is 0 Å². The lowest BCUT2D eigenvalue weighted by atomic mass is 10.0. The molecule has 0 heterocycles. The summed E-state index contributed by atoms with van der Waals surface area (Å²) in [7, 11) is 0. The topological polar surface area (TPSA) is 258 Å². The van der Waals surface area contributed by atoms with Gasteiger partial charge in [-0.3, -0.25) is 28.8 Å². The Labute approximate surface area is 261 Å². The smallest absolute Gasteiger partial charge is 0.326 e. The average molecular weight is 636 g/mol. The third-order valence-electron chi connectivity index (χ3n) is 6.57. The van der Waals surface area contributed by atoms with Crippen molar-refractivity contribution in [3.05, 3.63) is 35.9 Å². The Morgan fingerprint density at radius 1 is 0.689 bits per heavy atom. The Balaban J connectivity index is 2.85. The molecule has 0 radical (unpaired) electrons. The first-order chi connectivity index (χ1) is 20.9. The molecule has 0 saturated heterocycles. The predicted octanol–water partition coefficient (Wildman–Crippen LogP) is -2.72. The van der Waals surface area contributed by atoms with E-state index in [9.17, 15) is 43.8 Å². The molecule has 250 valence electrons. The zero-order valence-electron chi connectivity index (χ0n) is 26.2. The number of nitrogens with two attached hydrogens (primary N) is 1. The highest BCUT2D eigenvalue weighted by Gasteiger charge is 2.31. The van der Waals surface area contributed by atoms with Gasteiger partial charge in [-0.05, 0) is 39.2 Å². The lowest BCUT2D eigenvalue weighted by molar-refractivity contribution is -0.143. The van der Waals surface area contributed by atoms with Crippen LogP contribution in [0.5, 0.6) is 0 Å². The summed E-state index contributed by atoms with van der Waals surface area (Å²) in [5.41, 5.74) is 6.14. The Kier molecular flexibility index (Phi) is 15.6. The quantitative estimate of drug-likeness (QED) is 0.0854. The van der Waals surface area contributed by atoms with Crippen LogP contribution in [0.2, 0.25) is 0 Å². The van der Waals surface area contributed by atoms with Gasteiger partial charge in [-0.2, -0.15) is 0 Å². The van der Waals surface area contributed by atoms with Gasteiger partial charge in [0.05, 0.1) is 18.7 Å². The summed E-state index contributed by atoms with van der Waals surface area (Å²) in [6, 6.07) is 1.73. The Morgan fingerprint density at radius 2 is 1.20 bits per heavy atom. The number of carbonyl (C=O) groups excluding carboxylic acids is 6. The molecule has 0 fully saturated rings. The van der Waals surface area contributed by atoms with E-state index in [0.717, 1.165) is 0 Å². The van der Waals surface area contributed by atoms with Gasteiger partial charge in [-0.1, -0.05) is 44.2 Å². The maximum Gasteiger partial charge on any atom is 0.326 e. The third kappa shape index (κ3) is 13.3. The number of rotatable bonds is 17. The first-order valence-electron chi connectivity index (χ1n) is 14.4. The van der Waals surface area contributed by atoms with E-state index in [1.807, 2.05) is 0 Å². The number of aliphatic hydroxyl groups is 1. The molecule has 45 heavy (non-hydrogen) atoms. The summed E-state index contributed by atoms with van der Waals surface area (Å²) in [6.45, 7) is 7.97. The highest BCUT2D eigenvalue weighted by molar-refractivity contribution is 5.96. The number of carboxylic acid groups (broad SMARTS) is 1. The van der Waals surface area contributed by atoms with Crippen LogP contribution in [0.1, 0.15) is 47.1 Å². The fraction of sp³-hybridized carbons (Fsp3) is 0.552. The zero-order valence-corrected chi connectivity index (χ0v) is 26.2. The number of aliphatic hydroxyl groups excluding tert-OH is 1. The van der Waals surface area contributed by atoms with Crippen molar-refractivity contribution in [1.29, 1.82) is 0 Å². The average Bonchev–Trinajstić information content (AvgIpc) is 2.96. The maximum atomic E-state index is 13.0. The molecule has 1 aromatic rings. The van der Waals surface area contributed by atoms with Crippen LogP contribution in [-0.4, -0.2) is 101 Å². The molecule has 16 heteroatoms. The zero-order chi connectivity index (χ0) is 34.4. The summed E-state index contributed by atoms with van der Waals surface area (Å²) >= 11 is 0. The van der Waals surface area contributed by atoms with Crippen molar-refractivity contribution >= 4 is 41.4 Å². The van der Waals surface area contributed by atoms with E-state index in [4.69, 9.17) is 5.73 Å². The van der Waals surface area contributed by atoms with Gasteiger partial charge < -0.3 is 47.8 Å². The molecule has 0 saturated carbocycles. The number of benzene rings is 1. The monoisotopic (exact) mass is 635 g/mol. The van der Waals surface area contributed by atoms with Crippen LogP contribution in [-0.2, 0) is 40.0 Å². The van der Waals surface area contributed by atoms with Crippen molar-refractivity contribution in [2.75, 3.05) is 6.54 Å². The van der Waals surface area contributed by atoms with E-state index in [1.54, 1.807) is 44.2 Å². The van der Waals surface area contributed by atoms with E-state index in [1.165, 1.54) is 27.7 Å². The van der Waals surface area contributed by atoms with Gasteiger partial charge in [0.25, 0.3) is 0 Å². The van der Waals surface area contributed by atoms with Gasteiger partial charge >= 0.3 is 5.97 Å². The molecule has 10 N–H and O–H groups in total. The van der Waals surface area contributed by atoms with Gasteiger partial charge in [0.1, 0.15) is 30.2 Å². The summed E-state index contributed by atoms with van der Waals surface area (Å²) in [6.07, 6.45) is -1.38. The second kappa shape index (κ2) is 18.3. The van der Waals surface area contributed by atoms with Crippen molar-refractivity contribution in [2.24, 2.45) is 11.7 Å². The largest absolute Gasteiger partial charge is 0.480 e. The van der Waals surface area contributed by atoms with E-state index in [-0.39, 0.29) is 6.42 Å². The lowest BCUT2D eigenvalue weighted by Crippen LogP contribution is -2.59. The van der Waals surface area contributed by atoms with E-state index in [2.05, 4.69) is 31.9 Å². The van der Waals surface area contributed by atoms with E-state index in [0.29, 0.717) is 5.56 Å². The Morgan fingerprint density at radius 3 is 1.69 bits per heavy atom. The fourth-order valence-electron chi connectivity index (χ4n) is 3.85. The third-order valence-corrected chi connectivity index (χ3v) is 6.57. The molecule has 0 aromatic heterocycles. The van der Waals surface area contributed by atoms with Gasteiger partial charge in [0.2, 0.25) is 35.4 Å². The molecule has 0 aliphatic carbocycles. The number of nitrogens with one attached hydrogen (secondary N) is 6. The maximum absolute atomic E-state index is 13.0. The van der Waals surface area contributed by atoms with E-state index < -0.39 is 96.2 Å². The second-order valence-corrected chi connectivity index (χ2v) is 11.1. The molecule has 0 bridgehead atoms. The minimum absolute atomic E-state index is 0.0281. The van der Waals surface area contributed by atoms with Crippen molar-refractivity contribution < 1.29 is 43.8 Å². The van der Waals surface area contributed by atoms with Crippen molar-refractivity contribution in [3.63, 3.8) is 0 Å². The SMILES string of the molecule is CC(C)[C@H](NC(=O)[C@H](Cc1ccccc1)NC(=O)CNC(=O)[C@@H](NC(=O)[C@H](C)NC(=O)[C@H](C)NC(=O)[C@H](C)N)[C@@H](C)O)C(=O)O. The number of hydrogen-bond donors (Lipinski definition) is 9. The minimum Gasteiger partial charge on any atom is -0.480 e. The summed E-state index contributed by atoms with van der Waals surface area (Å²) in [4.78, 5) is 86.9. The minimum atomic E-state index is -1.52. The van der Waals surface area contributed by atoms with Crippen molar-refractivity contribution in [3.8, 4) is 0 Å². The number of amides is 6. The number of aliphatic carboxylic acids is 1. The Hall–Kier alpha value is -4.57. The standard InChI is InChI=1S/C29H45N7O9/c1-14(2)22(29(44)45)35-27(42)20(12-19-10-8-7-9-11-19)34-21(38)13-31-28(43)23(18(6)37)36-26(41)17(5)33-25(40)16(4)32-24(39)15(3)30/h7-11,14-18,20,22-23,37H,12-13,30H2,1-6H3,(H,31,43)(H,32,39)(H,33,40)(H,34,38)(H,35,42)(H,36,41)(H,44,45)/t15-,16-,17-,18+,20-,22-,23-/m0/s1. The molecule has 7 atom stereocenters. The molecule has 1 rings (SSSR count). The van der Waals surface area contributed by atoms with Crippen molar-refractivity contribution in [2.45, 2.75) is 90.3 Å². The molecular formula is C29H45N7O9. The van der Waals surface area contributed by atoms with Crippen LogP contribution >= 0.6 is 0 Å². The molecule has 16 nitrogen and oxygen atoms in total. The summed E-state index contributed by atoms with van der Waals surface area (Å²) in [5.74, 6) is -6.25. The van der Waals surface area contributed by atoms with Crippen LogP contribution in [0.15, 0.2) is 30.3 Å². The second-order valence-electron chi connectivity index (χ2n) is 11.1. The highest BCUT2D eigenvalue weighted by Crippen LogP contribution is 2.07. The van der Waals surface area contributed by atoms with Gasteiger partial charge in [-0.25, -0.2) is 4.79 Å². The Bertz CT molecular complexity index is 1210. The normalized spacial score (nSPS) is 15.6. The highest BCUT2D eigenvalue weighted by atomic mass is 16.4. The molecule has 6 amide bonds. The molecule has 0 unspecified atom stereocenters. The van der Waals surface area contributed by atoms with Gasteiger partial charge in [-0.15, -0.1) is 0 Å². The molecular weight excluding hydrogens is 590 g/mol. The molecule has 0 aliphatic heterocycles. The van der Waals surface area contributed by atoms with Crippen LogP contribution in [0, 0.1) is 5.92 Å². The number of carboxylic acids is 1. The van der Waals surface area contributed by atoms with Crippen LogP contribution in [0.4, 0.5) is 0 Å². The van der Waals surface area contributed by atoms with Crippen LogP contribution < -0.4 is 37.6 Å². The first-order valence-corrected chi connectivity index (χ1v) is 14.4. The fourth-order valence-corrected chi connectivity index (χ4v) is 3.85. The van der Waals surface area contributed by atoms with Crippen molar-refractivity contribution in [1.82, 2.24) is 31.9 Å². The summed E-state index contributed by atoms with van der Waals surface area (Å²) < 4.78 is 0. The number of hydrogen-bond acceptors (Lipinski definition) is 9. The van der Waals surface area contributed by atoms with E-state index >= 15 is 0 Å². The number of carbonyl (C=O) groups is 7. The molecule has 0 aliphatic rings. The van der Waals surface area contributed by atoms with Crippen LogP contribution in [0.25, 0.3) is 0 Å². The van der Waals surface area contributed by atoms with Gasteiger partial charge in [0, 0.05) is 6.42 Å².